The molecule has 2 aromatic rings. The molecule has 0 aliphatic carbocycles. The van der Waals surface area contributed by atoms with Gasteiger partial charge in [-0.1, -0.05) is 22.8 Å². The summed E-state index contributed by atoms with van der Waals surface area (Å²) in [5.41, 5.74) is 2.17. The first-order valence-corrected chi connectivity index (χ1v) is 6.99. The van der Waals surface area contributed by atoms with E-state index in [0.29, 0.717) is 5.92 Å². The molecule has 1 unspecified atom stereocenters. The Kier molecular flexibility index (Phi) is 3.64. The monoisotopic (exact) mass is 273 g/mol. The molecule has 6 nitrogen and oxygen atoms in total. The van der Waals surface area contributed by atoms with Crippen molar-refractivity contribution in [2.45, 2.75) is 19.8 Å². The van der Waals surface area contributed by atoms with Crippen molar-refractivity contribution < 1.29 is 5.11 Å². The highest BCUT2D eigenvalue weighted by Gasteiger charge is 2.23. The van der Waals surface area contributed by atoms with E-state index < -0.39 is 0 Å². The van der Waals surface area contributed by atoms with Gasteiger partial charge in [0.1, 0.15) is 0 Å². The predicted molar refractivity (Wildman–Crippen MR) is 75.9 cm³/mol. The molecule has 0 bridgehead atoms. The molecule has 1 aromatic carbocycles. The van der Waals surface area contributed by atoms with E-state index in [-0.39, 0.29) is 6.61 Å². The molecule has 1 N–H and O–H groups in total. The Morgan fingerprint density at radius 1 is 1.30 bits per heavy atom. The van der Waals surface area contributed by atoms with Crippen molar-refractivity contribution in [2.75, 3.05) is 24.6 Å². The number of aromatic nitrogens is 4. The third-order valence-electron chi connectivity index (χ3n) is 3.79. The van der Waals surface area contributed by atoms with Gasteiger partial charge in [0.25, 0.3) is 0 Å². The zero-order valence-electron chi connectivity index (χ0n) is 11.6. The van der Waals surface area contributed by atoms with Crippen LogP contribution in [0.25, 0.3) is 5.69 Å². The highest BCUT2D eigenvalue weighted by molar-refractivity contribution is 5.42. The Morgan fingerprint density at radius 3 is 2.85 bits per heavy atom. The lowest BCUT2D eigenvalue weighted by atomic mass is 9.99. The Balaban J connectivity index is 1.88. The van der Waals surface area contributed by atoms with Gasteiger partial charge in [-0.3, -0.25) is 0 Å². The summed E-state index contributed by atoms with van der Waals surface area (Å²) in [5.74, 6) is 1.07. The first-order valence-electron chi connectivity index (χ1n) is 6.99. The molecular formula is C14H19N5O. The van der Waals surface area contributed by atoms with Gasteiger partial charge >= 0.3 is 0 Å². The molecular weight excluding hydrogens is 254 g/mol. The molecule has 1 aliphatic rings. The van der Waals surface area contributed by atoms with Crippen LogP contribution in [0, 0.1) is 12.8 Å². The molecule has 2 heterocycles. The van der Waals surface area contributed by atoms with Gasteiger partial charge in [0.05, 0.1) is 5.69 Å². The average molecular weight is 273 g/mol. The molecule has 0 radical (unpaired) electrons. The zero-order chi connectivity index (χ0) is 13.9. The largest absolute Gasteiger partial charge is 0.396 e. The first-order chi connectivity index (χ1) is 9.78. The van der Waals surface area contributed by atoms with Gasteiger partial charge in [0.2, 0.25) is 5.95 Å². The number of hydrogen-bond acceptors (Lipinski definition) is 5. The van der Waals surface area contributed by atoms with Crippen molar-refractivity contribution in [1.82, 2.24) is 20.2 Å². The molecule has 1 fully saturated rings. The van der Waals surface area contributed by atoms with E-state index in [4.69, 9.17) is 0 Å². The molecule has 1 aliphatic heterocycles. The van der Waals surface area contributed by atoms with Crippen LogP contribution in [0.4, 0.5) is 5.95 Å². The van der Waals surface area contributed by atoms with Gasteiger partial charge < -0.3 is 10.0 Å². The fraction of sp³-hybridized carbons (Fsp3) is 0.500. The molecule has 6 heteroatoms. The lowest BCUT2D eigenvalue weighted by molar-refractivity contribution is 0.208. The van der Waals surface area contributed by atoms with Crippen molar-refractivity contribution in [1.29, 1.82) is 0 Å². The molecule has 3 rings (SSSR count). The number of hydrogen-bond donors (Lipinski definition) is 1. The zero-order valence-corrected chi connectivity index (χ0v) is 11.6. The summed E-state index contributed by atoms with van der Waals surface area (Å²) in [7, 11) is 0. The van der Waals surface area contributed by atoms with Crippen LogP contribution in [-0.2, 0) is 0 Å². The maximum atomic E-state index is 9.34. The fourth-order valence-electron chi connectivity index (χ4n) is 2.63. The van der Waals surface area contributed by atoms with Crippen molar-refractivity contribution in [3.8, 4) is 5.69 Å². The van der Waals surface area contributed by atoms with Crippen molar-refractivity contribution in [3.05, 3.63) is 29.8 Å². The molecule has 0 spiro atoms. The first kappa shape index (κ1) is 13.1. The third kappa shape index (κ3) is 2.51. The molecule has 1 aromatic heterocycles. The number of benzene rings is 1. The summed E-state index contributed by atoms with van der Waals surface area (Å²) in [6, 6.07) is 8.13. The number of rotatable bonds is 3. The summed E-state index contributed by atoms with van der Waals surface area (Å²) in [5, 5.41) is 21.4. The second kappa shape index (κ2) is 5.58. The SMILES string of the molecule is Cc1ccc(-n2nnnc2N2CCCC(CO)C2)cc1. The number of tetrazole rings is 1. The second-order valence-electron chi connectivity index (χ2n) is 5.36. The minimum Gasteiger partial charge on any atom is -0.396 e. The summed E-state index contributed by atoms with van der Waals surface area (Å²) >= 11 is 0. The molecule has 106 valence electrons. The van der Waals surface area contributed by atoms with Crippen LogP contribution in [0.5, 0.6) is 0 Å². The minimum absolute atomic E-state index is 0.225. The maximum Gasteiger partial charge on any atom is 0.250 e. The fourth-order valence-corrected chi connectivity index (χ4v) is 2.63. The number of nitrogens with zero attached hydrogens (tertiary/aromatic N) is 5. The smallest absolute Gasteiger partial charge is 0.250 e. The van der Waals surface area contributed by atoms with Crippen molar-refractivity contribution in [2.24, 2.45) is 5.92 Å². The lowest BCUT2D eigenvalue weighted by Gasteiger charge is -2.31. The minimum atomic E-state index is 0.225. The predicted octanol–water partition coefficient (Wildman–Crippen LogP) is 1.18. The summed E-state index contributed by atoms with van der Waals surface area (Å²) in [4.78, 5) is 2.16. The van der Waals surface area contributed by atoms with Gasteiger partial charge in [-0.05, 0) is 48.2 Å². The molecule has 0 saturated carbocycles. The van der Waals surface area contributed by atoms with Gasteiger partial charge in [0.15, 0.2) is 0 Å². The number of anilines is 1. The van der Waals surface area contributed by atoms with E-state index in [1.165, 1.54) is 5.56 Å². The summed E-state index contributed by atoms with van der Waals surface area (Å²) in [6.45, 7) is 4.02. The quantitative estimate of drug-likeness (QED) is 0.909. The third-order valence-corrected chi connectivity index (χ3v) is 3.79. The van der Waals surface area contributed by atoms with Crippen LogP contribution in [0.3, 0.4) is 0 Å². The normalized spacial score (nSPS) is 19.3. The Morgan fingerprint density at radius 2 is 2.10 bits per heavy atom. The van der Waals surface area contributed by atoms with E-state index in [2.05, 4.69) is 27.3 Å². The van der Waals surface area contributed by atoms with Crippen molar-refractivity contribution in [3.63, 3.8) is 0 Å². The Labute approximate surface area is 118 Å². The molecule has 20 heavy (non-hydrogen) atoms. The molecule has 1 atom stereocenters. The van der Waals surface area contributed by atoms with Gasteiger partial charge in [-0.15, -0.1) is 0 Å². The topological polar surface area (TPSA) is 67.1 Å². The van der Waals surface area contributed by atoms with Crippen LogP contribution >= 0.6 is 0 Å². The van der Waals surface area contributed by atoms with E-state index in [1.807, 2.05) is 24.3 Å². The van der Waals surface area contributed by atoms with Crippen LogP contribution in [0.15, 0.2) is 24.3 Å². The van der Waals surface area contributed by atoms with E-state index in [0.717, 1.165) is 37.6 Å². The summed E-state index contributed by atoms with van der Waals surface area (Å²) < 4.78 is 1.76. The number of piperidine rings is 1. The van der Waals surface area contributed by atoms with E-state index >= 15 is 0 Å². The number of aliphatic hydroxyl groups is 1. The summed E-state index contributed by atoms with van der Waals surface area (Å²) in [6.07, 6.45) is 2.13. The van der Waals surface area contributed by atoms with E-state index in [1.54, 1.807) is 4.68 Å². The highest BCUT2D eigenvalue weighted by atomic mass is 16.3. The average Bonchev–Trinajstić information content (AvgIpc) is 2.97. The van der Waals surface area contributed by atoms with Gasteiger partial charge in [0, 0.05) is 19.7 Å². The second-order valence-corrected chi connectivity index (χ2v) is 5.36. The lowest BCUT2D eigenvalue weighted by Crippen LogP contribution is -2.38. The maximum absolute atomic E-state index is 9.34. The molecule has 1 saturated heterocycles. The number of aryl methyl sites for hydroxylation is 1. The van der Waals surface area contributed by atoms with Crippen molar-refractivity contribution >= 4 is 5.95 Å². The van der Waals surface area contributed by atoms with E-state index in [9.17, 15) is 5.11 Å². The van der Waals surface area contributed by atoms with Gasteiger partial charge in [-0.2, -0.15) is 4.68 Å². The Hall–Kier alpha value is -1.95. The number of aliphatic hydroxyl groups excluding tert-OH is 1. The van der Waals surface area contributed by atoms with Crippen LogP contribution in [0.2, 0.25) is 0 Å². The van der Waals surface area contributed by atoms with Gasteiger partial charge in [-0.25, -0.2) is 0 Å². The van der Waals surface area contributed by atoms with Crippen LogP contribution in [-0.4, -0.2) is 45.0 Å². The Bertz CT molecular complexity index is 565. The molecule has 0 amide bonds. The van der Waals surface area contributed by atoms with Crippen LogP contribution in [0.1, 0.15) is 18.4 Å². The standard InChI is InChI=1S/C14H19N5O/c1-11-4-6-13(7-5-11)19-14(15-16-17-19)18-8-2-3-12(9-18)10-20/h4-7,12,20H,2-3,8-10H2,1H3. The highest BCUT2D eigenvalue weighted by Crippen LogP contribution is 2.22. The van der Waals surface area contributed by atoms with Crippen LogP contribution < -0.4 is 4.90 Å².